The van der Waals surface area contributed by atoms with E-state index >= 15 is 0 Å². The third kappa shape index (κ3) is 2.87. The first kappa shape index (κ1) is 14.8. The summed E-state index contributed by atoms with van der Waals surface area (Å²) in [6.45, 7) is 2.51. The summed E-state index contributed by atoms with van der Waals surface area (Å²) in [7, 11) is 0. The van der Waals surface area contributed by atoms with Gasteiger partial charge in [0.2, 0.25) is 5.91 Å². The number of aromatic amines is 1. The van der Waals surface area contributed by atoms with Gasteiger partial charge in [-0.2, -0.15) is 0 Å². The first-order valence-electron chi connectivity index (χ1n) is 7.98. The number of carbonyl (C=O) groups excluding carboxylic acids is 2. The lowest BCUT2D eigenvalue weighted by molar-refractivity contribution is -0.134. The average molecular weight is 376 g/mol. The lowest BCUT2D eigenvalue weighted by atomic mass is 10.2. The Hall–Kier alpha value is -1.82. The maximum absolute atomic E-state index is 12.7. The van der Waals surface area contributed by atoms with Gasteiger partial charge in [0.15, 0.2) is 0 Å². The van der Waals surface area contributed by atoms with Crippen LogP contribution in [0.15, 0.2) is 28.7 Å². The molecular formula is C17H18BrN3O2. The van der Waals surface area contributed by atoms with Crippen LogP contribution in [0.1, 0.15) is 23.3 Å². The van der Waals surface area contributed by atoms with Gasteiger partial charge in [0.1, 0.15) is 5.69 Å². The van der Waals surface area contributed by atoms with E-state index in [2.05, 4.69) is 20.9 Å². The van der Waals surface area contributed by atoms with Crippen LogP contribution in [-0.2, 0) is 4.79 Å². The van der Waals surface area contributed by atoms with E-state index in [9.17, 15) is 9.59 Å². The predicted octanol–water partition coefficient (Wildman–Crippen LogP) is 2.62. The van der Waals surface area contributed by atoms with Crippen LogP contribution in [-0.4, -0.2) is 52.8 Å². The first-order chi connectivity index (χ1) is 11.1. The smallest absolute Gasteiger partial charge is 0.270 e. The SMILES string of the molecule is O=C(c1cc2ccc(Br)cc2[nH]1)N1CCN(C(=O)C2CC2)CC1. The molecule has 0 radical (unpaired) electrons. The summed E-state index contributed by atoms with van der Waals surface area (Å²) < 4.78 is 0.984. The Labute approximate surface area is 142 Å². The summed E-state index contributed by atoms with van der Waals surface area (Å²) in [5.74, 6) is 0.535. The number of H-pyrrole nitrogens is 1. The number of rotatable bonds is 2. The Kier molecular flexibility index (Phi) is 3.64. The molecule has 1 aliphatic carbocycles. The molecule has 6 heteroatoms. The molecule has 120 valence electrons. The zero-order valence-corrected chi connectivity index (χ0v) is 14.3. The Morgan fingerprint density at radius 2 is 1.74 bits per heavy atom. The van der Waals surface area contributed by atoms with Crippen molar-refractivity contribution < 1.29 is 9.59 Å². The molecule has 1 aliphatic heterocycles. The third-order valence-corrected chi connectivity index (χ3v) is 5.11. The molecule has 2 amide bonds. The van der Waals surface area contributed by atoms with Crippen LogP contribution in [0.25, 0.3) is 10.9 Å². The molecule has 2 fully saturated rings. The normalized spacial score (nSPS) is 18.5. The van der Waals surface area contributed by atoms with E-state index in [4.69, 9.17) is 0 Å². The largest absolute Gasteiger partial charge is 0.350 e. The van der Waals surface area contributed by atoms with Crippen molar-refractivity contribution in [3.8, 4) is 0 Å². The molecule has 0 unspecified atom stereocenters. The van der Waals surface area contributed by atoms with Crippen LogP contribution >= 0.6 is 15.9 Å². The fourth-order valence-corrected chi connectivity index (χ4v) is 3.46. The average Bonchev–Trinajstić information content (AvgIpc) is 3.33. The second kappa shape index (κ2) is 5.67. The van der Waals surface area contributed by atoms with Crippen molar-refractivity contribution in [2.75, 3.05) is 26.2 Å². The van der Waals surface area contributed by atoms with Crippen molar-refractivity contribution in [1.29, 1.82) is 0 Å². The monoisotopic (exact) mass is 375 g/mol. The molecule has 4 rings (SSSR count). The van der Waals surface area contributed by atoms with Crippen molar-refractivity contribution in [2.24, 2.45) is 5.92 Å². The number of hydrogen-bond acceptors (Lipinski definition) is 2. The minimum absolute atomic E-state index is 0.0100. The highest BCUT2D eigenvalue weighted by Crippen LogP contribution is 2.31. The summed E-state index contributed by atoms with van der Waals surface area (Å²) >= 11 is 3.44. The van der Waals surface area contributed by atoms with E-state index in [0.29, 0.717) is 31.9 Å². The number of aromatic nitrogens is 1. The number of nitrogens with one attached hydrogen (secondary N) is 1. The maximum atomic E-state index is 12.7. The van der Waals surface area contributed by atoms with Gasteiger partial charge in [-0.15, -0.1) is 0 Å². The number of benzene rings is 1. The van der Waals surface area contributed by atoms with Gasteiger partial charge in [0.05, 0.1) is 0 Å². The zero-order chi connectivity index (χ0) is 16.0. The quantitative estimate of drug-likeness (QED) is 0.876. The standard InChI is InChI=1S/C17H18BrN3O2/c18-13-4-3-12-9-15(19-14(12)10-13)17(23)21-7-5-20(6-8-21)16(22)11-1-2-11/h3-4,9-11,19H,1-2,5-8H2. The zero-order valence-electron chi connectivity index (χ0n) is 12.7. The van der Waals surface area contributed by atoms with E-state index in [1.807, 2.05) is 34.1 Å². The van der Waals surface area contributed by atoms with Crippen molar-refractivity contribution in [3.63, 3.8) is 0 Å². The van der Waals surface area contributed by atoms with Crippen LogP contribution in [0, 0.1) is 5.92 Å². The van der Waals surface area contributed by atoms with Crippen molar-refractivity contribution in [2.45, 2.75) is 12.8 Å². The molecule has 1 aromatic heterocycles. The lowest BCUT2D eigenvalue weighted by Gasteiger charge is -2.34. The number of nitrogens with zero attached hydrogens (tertiary/aromatic N) is 2. The van der Waals surface area contributed by atoms with Crippen LogP contribution in [0.2, 0.25) is 0 Å². The number of hydrogen-bond donors (Lipinski definition) is 1. The van der Waals surface area contributed by atoms with Gasteiger partial charge in [-0.25, -0.2) is 0 Å². The van der Waals surface area contributed by atoms with E-state index in [-0.39, 0.29) is 17.7 Å². The Morgan fingerprint density at radius 3 is 2.43 bits per heavy atom. The van der Waals surface area contributed by atoms with Crippen LogP contribution < -0.4 is 0 Å². The molecule has 1 aromatic carbocycles. The van der Waals surface area contributed by atoms with Gasteiger partial charge in [0, 0.05) is 47.5 Å². The third-order valence-electron chi connectivity index (χ3n) is 4.62. The number of fused-ring (bicyclic) bond motifs is 1. The van der Waals surface area contributed by atoms with Gasteiger partial charge in [-0.1, -0.05) is 22.0 Å². The predicted molar refractivity (Wildman–Crippen MR) is 91.2 cm³/mol. The topological polar surface area (TPSA) is 56.4 Å². The molecule has 2 heterocycles. The first-order valence-corrected chi connectivity index (χ1v) is 8.77. The maximum Gasteiger partial charge on any atom is 0.270 e. The summed E-state index contributed by atoms with van der Waals surface area (Å²) in [5.41, 5.74) is 1.56. The molecule has 1 N–H and O–H groups in total. The van der Waals surface area contributed by atoms with Gasteiger partial charge in [-0.05, 0) is 31.0 Å². The molecule has 2 aliphatic rings. The van der Waals surface area contributed by atoms with E-state index in [0.717, 1.165) is 28.2 Å². The van der Waals surface area contributed by atoms with Crippen LogP contribution in [0.3, 0.4) is 0 Å². The number of carbonyl (C=O) groups is 2. The molecule has 0 atom stereocenters. The fourth-order valence-electron chi connectivity index (χ4n) is 3.10. The Bertz CT molecular complexity index is 773. The van der Waals surface area contributed by atoms with Crippen molar-refractivity contribution >= 4 is 38.6 Å². The second-order valence-corrected chi connectivity index (χ2v) is 7.22. The van der Waals surface area contributed by atoms with Gasteiger partial charge < -0.3 is 14.8 Å². The Morgan fingerprint density at radius 1 is 1.04 bits per heavy atom. The van der Waals surface area contributed by atoms with Gasteiger partial charge in [-0.3, -0.25) is 9.59 Å². The highest BCUT2D eigenvalue weighted by molar-refractivity contribution is 9.10. The molecule has 2 aromatic rings. The number of amides is 2. The summed E-state index contributed by atoms with van der Waals surface area (Å²) in [6.07, 6.45) is 2.06. The Balaban J connectivity index is 1.45. The van der Waals surface area contributed by atoms with E-state index in [1.54, 1.807) is 0 Å². The summed E-state index contributed by atoms with van der Waals surface area (Å²) in [5, 5.41) is 1.03. The van der Waals surface area contributed by atoms with Crippen molar-refractivity contribution in [3.05, 3.63) is 34.4 Å². The van der Waals surface area contributed by atoms with Crippen molar-refractivity contribution in [1.82, 2.24) is 14.8 Å². The summed E-state index contributed by atoms with van der Waals surface area (Å²) in [4.78, 5) is 31.7. The van der Waals surface area contributed by atoms with Crippen LogP contribution in [0.4, 0.5) is 0 Å². The molecular weight excluding hydrogens is 358 g/mol. The number of halogens is 1. The molecule has 23 heavy (non-hydrogen) atoms. The second-order valence-electron chi connectivity index (χ2n) is 6.31. The minimum atomic E-state index is 0.0100. The molecule has 0 bridgehead atoms. The number of piperazine rings is 1. The van der Waals surface area contributed by atoms with Crippen LogP contribution in [0.5, 0.6) is 0 Å². The van der Waals surface area contributed by atoms with Gasteiger partial charge >= 0.3 is 0 Å². The summed E-state index contributed by atoms with van der Waals surface area (Å²) in [6, 6.07) is 7.82. The molecule has 0 spiro atoms. The molecule has 1 saturated heterocycles. The lowest BCUT2D eigenvalue weighted by Crippen LogP contribution is -2.51. The minimum Gasteiger partial charge on any atom is -0.350 e. The molecule has 1 saturated carbocycles. The van der Waals surface area contributed by atoms with Gasteiger partial charge in [0.25, 0.3) is 5.91 Å². The highest BCUT2D eigenvalue weighted by Gasteiger charge is 2.35. The fraction of sp³-hybridized carbons (Fsp3) is 0.412. The van der Waals surface area contributed by atoms with E-state index in [1.165, 1.54) is 0 Å². The highest BCUT2D eigenvalue weighted by atomic mass is 79.9. The molecule has 5 nitrogen and oxygen atoms in total. The van der Waals surface area contributed by atoms with E-state index < -0.39 is 0 Å².